The first-order valence-electron chi connectivity index (χ1n) is 6.88. The largest absolute Gasteiger partial charge is 0.385 e. The number of ether oxygens (including phenoxy) is 1. The lowest BCUT2D eigenvalue weighted by Crippen LogP contribution is -2.37. The lowest BCUT2D eigenvalue weighted by molar-refractivity contribution is 0.0836. The minimum atomic E-state index is 0.386. The molecule has 1 aromatic rings. The van der Waals surface area contributed by atoms with E-state index in [4.69, 9.17) is 4.74 Å². The molecule has 1 saturated heterocycles. The molecule has 3 nitrogen and oxygen atoms in total. The summed E-state index contributed by atoms with van der Waals surface area (Å²) >= 11 is 0. The van der Waals surface area contributed by atoms with Gasteiger partial charge in [0.15, 0.2) is 0 Å². The SMILES string of the molecule is CC1OCCC1N(C)CCCNc1ccccc1. The highest BCUT2D eigenvalue weighted by Gasteiger charge is 2.27. The van der Waals surface area contributed by atoms with Crippen molar-refractivity contribution in [1.82, 2.24) is 4.90 Å². The number of nitrogens with zero attached hydrogens (tertiary/aromatic N) is 1. The zero-order valence-electron chi connectivity index (χ0n) is 11.4. The number of likely N-dealkylation sites (N-methyl/N-ethyl adjacent to an activating group) is 1. The van der Waals surface area contributed by atoms with Crippen molar-refractivity contribution in [3.63, 3.8) is 0 Å². The van der Waals surface area contributed by atoms with Crippen LogP contribution < -0.4 is 5.32 Å². The lowest BCUT2D eigenvalue weighted by atomic mass is 10.1. The lowest BCUT2D eigenvalue weighted by Gasteiger charge is -2.26. The molecule has 2 atom stereocenters. The number of rotatable bonds is 6. The maximum atomic E-state index is 5.60. The second-order valence-electron chi connectivity index (χ2n) is 5.06. The first kappa shape index (κ1) is 13.4. The summed E-state index contributed by atoms with van der Waals surface area (Å²) in [5, 5.41) is 3.44. The third-order valence-electron chi connectivity index (χ3n) is 3.69. The number of anilines is 1. The van der Waals surface area contributed by atoms with Gasteiger partial charge in [-0.3, -0.25) is 0 Å². The van der Waals surface area contributed by atoms with Crippen LogP contribution in [0, 0.1) is 0 Å². The van der Waals surface area contributed by atoms with Gasteiger partial charge in [0.1, 0.15) is 0 Å². The van der Waals surface area contributed by atoms with Gasteiger partial charge in [-0.05, 0) is 45.5 Å². The van der Waals surface area contributed by atoms with Crippen LogP contribution in [-0.4, -0.2) is 43.8 Å². The number of nitrogens with one attached hydrogen (secondary N) is 1. The summed E-state index contributed by atoms with van der Waals surface area (Å²) in [6.45, 7) is 5.24. The maximum absolute atomic E-state index is 5.60. The van der Waals surface area contributed by atoms with Crippen LogP contribution in [0.5, 0.6) is 0 Å². The average Bonchev–Trinajstić information content (AvgIpc) is 2.82. The summed E-state index contributed by atoms with van der Waals surface area (Å²) < 4.78 is 5.60. The minimum Gasteiger partial charge on any atom is -0.385 e. The van der Waals surface area contributed by atoms with E-state index in [-0.39, 0.29) is 0 Å². The Morgan fingerprint density at radius 1 is 1.33 bits per heavy atom. The van der Waals surface area contributed by atoms with E-state index in [9.17, 15) is 0 Å². The van der Waals surface area contributed by atoms with Gasteiger partial charge < -0.3 is 15.0 Å². The Labute approximate surface area is 110 Å². The van der Waals surface area contributed by atoms with Crippen molar-refractivity contribution in [2.45, 2.75) is 31.9 Å². The molecule has 2 rings (SSSR count). The average molecular weight is 248 g/mol. The van der Waals surface area contributed by atoms with Gasteiger partial charge >= 0.3 is 0 Å². The highest BCUT2D eigenvalue weighted by molar-refractivity contribution is 5.42. The molecule has 1 aliphatic heterocycles. The van der Waals surface area contributed by atoms with Gasteiger partial charge in [-0.15, -0.1) is 0 Å². The molecule has 1 aromatic carbocycles. The summed E-state index contributed by atoms with van der Waals surface area (Å²) in [4.78, 5) is 2.43. The van der Waals surface area contributed by atoms with Crippen LogP contribution in [0.2, 0.25) is 0 Å². The fraction of sp³-hybridized carbons (Fsp3) is 0.600. The number of hydrogen-bond donors (Lipinski definition) is 1. The molecule has 0 aliphatic carbocycles. The molecular formula is C15H24N2O. The first-order valence-corrected chi connectivity index (χ1v) is 6.88. The van der Waals surface area contributed by atoms with Gasteiger partial charge in [-0.1, -0.05) is 18.2 Å². The van der Waals surface area contributed by atoms with Crippen LogP contribution in [0.4, 0.5) is 5.69 Å². The quantitative estimate of drug-likeness (QED) is 0.783. The Bertz CT molecular complexity index is 342. The van der Waals surface area contributed by atoms with Crippen molar-refractivity contribution in [3.05, 3.63) is 30.3 Å². The molecule has 100 valence electrons. The van der Waals surface area contributed by atoms with Crippen LogP contribution in [0.3, 0.4) is 0 Å². The molecule has 0 radical (unpaired) electrons. The second kappa shape index (κ2) is 6.76. The van der Waals surface area contributed by atoms with Gasteiger partial charge in [-0.25, -0.2) is 0 Å². The van der Waals surface area contributed by atoms with E-state index in [1.54, 1.807) is 0 Å². The molecule has 0 aromatic heterocycles. The summed E-state index contributed by atoms with van der Waals surface area (Å²) in [7, 11) is 2.21. The molecule has 0 saturated carbocycles. The van der Waals surface area contributed by atoms with Crippen LogP contribution in [0.1, 0.15) is 19.8 Å². The summed E-state index contributed by atoms with van der Waals surface area (Å²) in [5.74, 6) is 0. The van der Waals surface area contributed by atoms with E-state index in [1.165, 1.54) is 12.1 Å². The fourth-order valence-corrected chi connectivity index (χ4v) is 2.58. The van der Waals surface area contributed by atoms with Crippen molar-refractivity contribution >= 4 is 5.69 Å². The highest BCUT2D eigenvalue weighted by atomic mass is 16.5. The van der Waals surface area contributed by atoms with E-state index in [1.807, 2.05) is 6.07 Å². The second-order valence-corrected chi connectivity index (χ2v) is 5.06. The van der Waals surface area contributed by atoms with Crippen molar-refractivity contribution < 1.29 is 4.74 Å². The molecule has 0 bridgehead atoms. The van der Waals surface area contributed by atoms with Crippen LogP contribution in [0.15, 0.2) is 30.3 Å². The third-order valence-corrected chi connectivity index (χ3v) is 3.69. The van der Waals surface area contributed by atoms with Gasteiger partial charge in [0.25, 0.3) is 0 Å². The molecule has 0 spiro atoms. The zero-order valence-corrected chi connectivity index (χ0v) is 11.4. The first-order chi connectivity index (χ1) is 8.77. The van der Waals surface area contributed by atoms with Gasteiger partial charge in [0.2, 0.25) is 0 Å². The summed E-state index contributed by atoms with van der Waals surface area (Å²) in [6, 6.07) is 11.0. The van der Waals surface area contributed by atoms with E-state index >= 15 is 0 Å². The number of benzene rings is 1. The molecule has 1 fully saturated rings. The highest BCUT2D eigenvalue weighted by Crippen LogP contribution is 2.18. The standard InChI is InChI=1S/C15H24N2O/c1-13-15(9-12-18-13)17(2)11-6-10-16-14-7-4-3-5-8-14/h3-5,7-8,13,15-16H,6,9-12H2,1-2H3. The number of para-hydroxylation sites is 1. The molecule has 2 unspecified atom stereocenters. The molecule has 18 heavy (non-hydrogen) atoms. The Morgan fingerprint density at radius 3 is 2.78 bits per heavy atom. The monoisotopic (exact) mass is 248 g/mol. The van der Waals surface area contributed by atoms with Crippen LogP contribution >= 0.6 is 0 Å². The number of hydrogen-bond acceptors (Lipinski definition) is 3. The normalized spacial score (nSPS) is 23.5. The van der Waals surface area contributed by atoms with Crippen molar-refractivity contribution in [1.29, 1.82) is 0 Å². The van der Waals surface area contributed by atoms with Crippen LogP contribution in [0.25, 0.3) is 0 Å². The van der Waals surface area contributed by atoms with Crippen LogP contribution in [-0.2, 0) is 4.74 Å². The fourth-order valence-electron chi connectivity index (χ4n) is 2.58. The molecule has 1 aliphatic rings. The summed E-state index contributed by atoms with van der Waals surface area (Å²) in [6.07, 6.45) is 2.72. The predicted molar refractivity (Wildman–Crippen MR) is 76.0 cm³/mol. The Hall–Kier alpha value is -1.06. The van der Waals surface area contributed by atoms with Crippen molar-refractivity contribution in [3.8, 4) is 0 Å². The van der Waals surface area contributed by atoms with E-state index in [0.29, 0.717) is 12.1 Å². The maximum Gasteiger partial charge on any atom is 0.0702 e. The van der Waals surface area contributed by atoms with Crippen molar-refractivity contribution in [2.75, 3.05) is 32.1 Å². The topological polar surface area (TPSA) is 24.5 Å². The van der Waals surface area contributed by atoms with Crippen molar-refractivity contribution in [2.24, 2.45) is 0 Å². The Kier molecular flexibility index (Phi) is 5.02. The van der Waals surface area contributed by atoms with E-state index in [2.05, 4.69) is 48.5 Å². The molecule has 1 N–H and O–H groups in total. The molecule has 3 heteroatoms. The van der Waals surface area contributed by atoms with Gasteiger partial charge in [-0.2, -0.15) is 0 Å². The smallest absolute Gasteiger partial charge is 0.0702 e. The molecule has 0 amide bonds. The van der Waals surface area contributed by atoms with E-state index < -0.39 is 0 Å². The molecular weight excluding hydrogens is 224 g/mol. The van der Waals surface area contributed by atoms with Gasteiger partial charge in [0, 0.05) is 24.9 Å². The predicted octanol–water partition coefficient (Wildman–Crippen LogP) is 2.60. The Morgan fingerprint density at radius 2 is 2.11 bits per heavy atom. The molecule has 1 heterocycles. The summed E-state index contributed by atoms with van der Waals surface area (Å²) in [5.41, 5.74) is 1.21. The zero-order chi connectivity index (χ0) is 12.8. The van der Waals surface area contributed by atoms with E-state index in [0.717, 1.165) is 26.1 Å². The third kappa shape index (κ3) is 3.72. The minimum absolute atomic E-state index is 0.386. The Balaban J connectivity index is 1.63. The van der Waals surface area contributed by atoms with Gasteiger partial charge in [0.05, 0.1) is 6.10 Å².